The number of hydrogen-bond acceptors (Lipinski definition) is 10. The zero-order chi connectivity index (χ0) is 30.5. The molecule has 41 heavy (non-hydrogen) atoms. The monoisotopic (exact) mass is 632 g/mol. The van der Waals surface area contributed by atoms with Crippen molar-refractivity contribution in [2.45, 2.75) is 45.7 Å². The highest BCUT2D eigenvalue weighted by molar-refractivity contribution is 7.82. The van der Waals surface area contributed by atoms with Gasteiger partial charge in [0.25, 0.3) is 19.2 Å². The third-order valence-corrected chi connectivity index (χ3v) is 15.3. The quantitative estimate of drug-likeness (QED) is 0.180. The molecule has 2 rings (SSSR count). The molecule has 0 aliphatic carbocycles. The van der Waals surface area contributed by atoms with Crippen molar-refractivity contribution in [2.75, 3.05) is 33.0 Å². The second-order valence-electron chi connectivity index (χ2n) is 8.24. The lowest BCUT2D eigenvalue weighted by molar-refractivity contribution is 0.0942. The van der Waals surface area contributed by atoms with Gasteiger partial charge in [-0.2, -0.15) is 0 Å². The smallest absolute Gasteiger partial charge is 0.330 e. The summed E-state index contributed by atoms with van der Waals surface area (Å²) in [5, 5.41) is 4.99. The average Bonchev–Trinajstić information content (AvgIpc) is 2.95. The summed E-state index contributed by atoms with van der Waals surface area (Å²) in [7, 11) is -13.9. The summed E-state index contributed by atoms with van der Waals surface area (Å²) >= 11 is 0. The molecule has 0 radical (unpaired) electrons. The van der Waals surface area contributed by atoms with E-state index in [2.05, 4.69) is 10.6 Å². The topological polar surface area (TPSA) is 156 Å². The molecule has 0 aliphatic rings. The summed E-state index contributed by atoms with van der Waals surface area (Å²) in [6.07, 6.45) is 0. The Balaban J connectivity index is 2.84. The summed E-state index contributed by atoms with van der Waals surface area (Å²) < 4.78 is 71.7. The highest BCUT2D eigenvalue weighted by atomic mass is 31.3. The molecule has 12 nitrogen and oxygen atoms in total. The first-order valence-corrected chi connectivity index (χ1v) is 18.3. The van der Waals surface area contributed by atoms with Crippen molar-refractivity contribution in [3.63, 3.8) is 0 Å². The van der Waals surface area contributed by atoms with E-state index in [1.165, 1.54) is 58.9 Å². The predicted octanol–water partition coefficient (Wildman–Crippen LogP) is 6.26. The van der Waals surface area contributed by atoms with E-state index in [0.717, 1.165) is 0 Å². The molecule has 0 spiro atoms. The molecule has 15 heteroatoms. The van der Waals surface area contributed by atoms with Crippen LogP contribution in [0, 0.1) is 0 Å². The molecule has 2 N–H and O–H groups in total. The van der Waals surface area contributed by atoms with Crippen molar-refractivity contribution in [3.05, 3.63) is 71.8 Å². The van der Waals surface area contributed by atoms with Gasteiger partial charge in [0.05, 0.1) is 33.0 Å². The Labute approximate surface area is 241 Å². The number of benzene rings is 2. The van der Waals surface area contributed by atoms with E-state index in [-0.39, 0.29) is 44.2 Å². The Morgan fingerprint density at radius 3 is 1.12 bits per heavy atom. The van der Waals surface area contributed by atoms with Crippen molar-refractivity contribution < 1.29 is 45.9 Å². The molecular formula is C26H39N2O10P3. The number of rotatable bonds is 18. The van der Waals surface area contributed by atoms with E-state index >= 15 is 4.57 Å². The standard InChI is InChI=1S/C26H39N2O10P3/c1-6-34-39(31,25(40(32,35-7-2)36-8-3)27-23(29)21-17-13-11-14-18-21)26(41(33,37-9-4)38-10-5)28-24(30)22-19-15-12-16-20-22/h11-20,25-26H,6-10H2,1-5H3,(H,27,29)(H,28,30). The van der Waals surface area contributed by atoms with Gasteiger partial charge in [-0.25, -0.2) is 0 Å². The summed E-state index contributed by atoms with van der Waals surface area (Å²) in [6, 6.07) is 15.8. The molecular weight excluding hydrogens is 593 g/mol. The second kappa shape index (κ2) is 16.5. The minimum Gasteiger partial charge on any atom is -0.330 e. The summed E-state index contributed by atoms with van der Waals surface area (Å²) in [5.41, 5.74) is -3.75. The average molecular weight is 633 g/mol. The normalized spacial score (nSPS) is 15.0. The van der Waals surface area contributed by atoms with Crippen molar-refractivity contribution in [3.8, 4) is 0 Å². The lowest BCUT2D eigenvalue weighted by Gasteiger charge is -2.38. The molecule has 2 amide bonds. The van der Waals surface area contributed by atoms with Gasteiger partial charge in [-0.15, -0.1) is 0 Å². The molecule has 0 heterocycles. The molecule has 2 aromatic carbocycles. The van der Waals surface area contributed by atoms with Gasteiger partial charge in [-0.05, 0) is 58.9 Å². The van der Waals surface area contributed by atoms with E-state index in [4.69, 9.17) is 22.6 Å². The van der Waals surface area contributed by atoms with E-state index in [1.54, 1.807) is 36.4 Å². The second-order valence-corrected chi connectivity index (χ2v) is 15.9. The van der Waals surface area contributed by atoms with Crippen LogP contribution >= 0.6 is 22.6 Å². The number of amides is 2. The van der Waals surface area contributed by atoms with Crippen molar-refractivity contribution >= 4 is 34.4 Å². The molecule has 2 unspecified atom stereocenters. The van der Waals surface area contributed by atoms with Crippen LogP contribution in [0.25, 0.3) is 0 Å². The SMILES string of the molecule is CCOP(=O)(OCC)C(NC(=O)c1ccccc1)P(=O)(OCC)C(NC(=O)c1ccccc1)P(=O)(OCC)OCC. The van der Waals surface area contributed by atoms with Gasteiger partial charge in [0.2, 0.25) is 11.0 Å². The zero-order valence-corrected chi connectivity index (χ0v) is 26.6. The van der Waals surface area contributed by atoms with E-state index in [0.29, 0.717) is 0 Å². The lowest BCUT2D eigenvalue weighted by atomic mass is 10.2. The Morgan fingerprint density at radius 1 is 0.561 bits per heavy atom. The number of carbonyl (C=O) groups is 2. The summed E-state index contributed by atoms with van der Waals surface area (Å²) in [4.78, 5) is 26.8. The highest BCUT2D eigenvalue weighted by Crippen LogP contribution is 2.77. The Hall–Kier alpha value is -2.13. The van der Waals surface area contributed by atoms with Crippen molar-refractivity contribution in [1.29, 1.82) is 0 Å². The predicted molar refractivity (Wildman–Crippen MR) is 156 cm³/mol. The van der Waals surface area contributed by atoms with E-state index in [9.17, 15) is 18.7 Å². The Kier molecular flexibility index (Phi) is 14.1. The van der Waals surface area contributed by atoms with Gasteiger partial charge in [-0.3, -0.25) is 23.3 Å². The Bertz CT molecular complexity index is 1150. The first-order chi connectivity index (χ1) is 19.5. The minimum absolute atomic E-state index is 0.141. The van der Waals surface area contributed by atoms with Crippen LogP contribution in [0.3, 0.4) is 0 Å². The molecule has 0 saturated heterocycles. The fourth-order valence-electron chi connectivity index (χ4n) is 3.87. The highest BCUT2D eigenvalue weighted by Gasteiger charge is 2.61. The summed E-state index contributed by atoms with van der Waals surface area (Å²) in [5.74, 6) is -1.57. The Morgan fingerprint density at radius 2 is 0.854 bits per heavy atom. The van der Waals surface area contributed by atoms with Crippen LogP contribution in [0.2, 0.25) is 0 Å². The largest absolute Gasteiger partial charge is 0.362 e. The first-order valence-electron chi connectivity index (χ1n) is 13.3. The van der Waals surface area contributed by atoms with E-state index in [1.807, 2.05) is 0 Å². The molecule has 0 saturated carbocycles. The van der Waals surface area contributed by atoms with Crippen LogP contribution in [-0.4, -0.2) is 55.9 Å². The van der Waals surface area contributed by atoms with Crippen LogP contribution < -0.4 is 10.6 Å². The molecule has 0 aliphatic heterocycles. The zero-order valence-electron chi connectivity index (χ0n) is 23.9. The van der Waals surface area contributed by atoms with Crippen LogP contribution in [0.15, 0.2) is 60.7 Å². The maximum absolute atomic E-state index is 15.2. The van der Waals surface area contributed by atoms with Gasteiger partial charge in [0.1, 0.15) is 0 Å². The maximum atomic E-state index is 15.2. The van der Waals surface area contributed by atoms with Crippen LogP contribution in [0.4, 0.5) is 0 Å². The summed E-state index contributed by atoms with van der Waals surface area (Å²) in [6.45, 7) is 6.75. The minimum atomic E-state index is -4.84. The van der Waals surface area contributed by atoms with Gasteiger partial charge < -0.3 is 33.3 Å². The molecule has 228 valence electrons. The van der Waals surface area contributed by atoms with Gasteiger partial charge in [0.15, 0.2) is 0 Å². The van der Waals surface area contributed by atoms with Crippen LogP contribution in [-0.2, 0) is 36.3 Å². The number of hydrogen-bond donors (Lipinski definition) is 2. The van der Waals surface area contributed by atoms with Gasteiger partial charge >= 0.3 is 15.2 Å². The van der Waals surface area contributed by atoms with Gasteiger partial charge in [-0.1, -0.05) is 36.4 Å². The maximum Gasteiger partial charge on any atom is 0.362 e. The fraction of sp³-hybridized carbons (Fsp3) is 0.462. The van der Waals surface area contributed by atoms with Gasteiger partial charge in [0, 0.05) is 11.1 Å². The molecule has 2 atom stereocenters. The van der Waals surface area contributed by atoms with Crippen molar-refractivity contribution in [1.82, 2.24) is 10.6 Å². The van der Waals surface area contributed by atoms with Crippen molar-refractivity contribution in [2.24, 2.45) is 0 Å². The lowest BCUT2D eigenvalue weighted by Crippen LogP contribution is -2.44. The van der Waals surface area contributed by atoms with Crippen LogP contribution in [0.1, 0.15) is 55.3 Å². The third kappa shape index (κ3) is 8.93. The van der Waals surface area contributed by atoms with Crippen LogP contribution in [0.5, 0.6) is 0 Å². The number of nitrogens with one attached hydrogen (secondary N) is 2. The molecule has 0 aromatic heterocycles. The third-order valence-electron chi connectivity index (χ3n) is 5.44. The first kappa shape index (κ1) is 35.1. The molecule has 0 bridgehead atoms. The van der Waals surface area contributed by atoms with E-state index < -0.39 is 45.4 Å². The molecule has 2 aromatic rings. The number of carbonyl (C=O) groups excluding carboxylic acids is 2. The fourth-order valence-corrected chi connectivity index (χ4v) is 13.6. The molecule has 0 fully saturated rings.